The Kier molecular flexibility index (Phi) is 7.23. The second-order valence-corrected chi connectivity index (χ2v) is 8.42. The summed E-state index contributed by atoms with van der Waals surface area (Å²) in [6.07, 6.45) is 0.821. The molecule has 0 spiro atoms. The van der Waals surface area contributed by atoms with E-state index < -0.39 is 15.9 Å². The first kappa shape index (κ1) is 21.2. The molecule has 1 aromatic heterocycles. The van der Waals surface area contributed by atoms with Gasteiger partial charge in [0.05, 0.1) is 23.0 Å². The minimum absolute atomic E-state index is 0.0358. The van der Waals surface area contributed by atoms with Crippen molar-refractivity contribution in [3.63, 3.8) is 0 Å². The van der Waals surface area contributed by atoms with Crippen LogP contribution in [0.15, 0.2) is 29.2 Å². The molecule has 1 heterocycles. The molecule has 0 aliphatic carbocycles. The molecule has 0 radical (unpaired) electrons. The van der Waals surface area contributed by atoms with Crippen molar-refractivity contribution < 1.29 is 22.7 Å². The third-order valence-corrected chi connectivity index (χ3v) is 6.32. The van der Waals surface area contributed by atoms with Gasteiger partial charge < -0.3 is 9.47 Å². The van der Waals surface area contributed by atoms with E-state index >= 15 is 0 Å². The number of hydrazine groups is 1. The minimum atomic E-state index is -3.96. The van der Waals surface area contributed by atoms with Crippen LogP contribution in [0.3, 0.4) is 0 Å². The molecule has 0 saturated carbocycles. The van der Waals surface area contributed by atoms with Crippen LogP contribution in [0.2, 0.25) is 0 Å². The number of rotatable bonds is 9. The predicted molar refractivity (Wildman–Crippen MR) is 105 cm³/mol. The summed E-state index contributed by atoms with van der Waals surface area (Å²) in [5.74, 6) is 0.292. The smallest absolute Gasteiger partial charge is 0.276 e. The third kappa shape index (κ3) is 5.21. The van der Waals surface area contributed by atoms with Crippen LogP contribution < -0.4 is 19.7 Å². The highest BCUT2D eigenvalue weighted by Gasteiger charge is 2.19. The van der Waals surface area contributed by atoms with Crippen LogP contribution in [0.25, 0.3) is 0 Å². The van der Waals surface area contributed by atoms with Crippen LogP contribution in [0.5, 0.6) is 11.5 Å². The third-order valence-electron chi connectivity index (χ3n) is 3.69. The number of hydrogen-bond donors (Lipinski definition) is 2. The lowest BCUT2D eigenvalue weighted by atomic mass is 10.2. The topological polar surface area (TPSA) is 93.7 Å². The van der Waals surface area contributed by atoms with Crippen molar-refractivity contribution in [3.05, 3.63) is 39.6 Å². The maximum atomic E-state index is 12.5. The van der Waals surface area contributed by atoms with Crippen molar-refractivity contribution in [2.75, 3.05) is 13.2 Å². The summed E-state index contributed by atoms with van der Waals surface area (Å²) in [7, 11) is -3.96. The van der Waals surface area contributed by atoms with Crippen molar-refractivity contribution in [1.29, 1.82) is 0 Å². The van der Waals surface area contributed by atoms with Crippen molar-refractivity contribution >= 4 is 27.3 Å². The molecular formula is C18H24N2O5S2. The average Bonchev–Trinajstić information content (AvgIpc) is 3.02. The number of carbonyl (C=O) groups is 1. The molecule has 9 heteroatoms. The minimum Gasteiger partial charge on any atom is -0.490 e. The predicted octanol–water partition coefficient (Wildman–Crippen LogP) is 3.04. The van der Waals surface area contributed by atoms with Gasteiger partial charge in [-0.15, -0.1) is 16.2 Å². The van der Waals surface area contributed by atoms with E-state index in [1.807, 2.05) is 20.8 Å². The zero-order valence-electron chi connectivity index (χ0n) is 15.8. The summed E-state index contributed by atoms with van der Waals surface area (Å²) >= 11 is 1.35. The first-order valence-electron chi connectivity index (χ1n) is 8.63. The van der Waals surface area contributed by atoms with Crippen LogP contribution in [0.4, 0.5) is 0 Å². The van der Waals surface area contributed by atoms with Gasteiger partial charge in [-0.2, -0.15) is 0 Å². The normalized spacial score (nSPS) is 11.3. The van der Waals surface area contributed by atoms with Crippen LogP contribution in [0.1, 0.15) is 40.9 Å². The molecule has 1 aromatic carbocycles. The summed E-state index contributed by atoms with van der Waals surface area (Å²) in [5, 5.41) is 0. The largest absolute Gasteiger partial charge is 0.490 e. The number of amides is 1. The molecule has 2 N–H and O–H groups in total. The molecule has 0 unspecified atom stereocenters. The number of aryl methyl sites for hydroxylation is 2. The number of nitrogens with one attached hydrogen (secondary N) is 2. The molecule has 0 aliphatic heterocycles. The Morgan fingerprint density at radius 3 is 2.33 bits per heavy atom. The molecule has 0 atom stereocenters. The van der Waals surface area contributed by atoms with E-state index in [2.05, 4.69) is 10.3 Å². The van der Waals surface area contributed by atoms with Crippen LogP contribution >= 0.6 is 11.3 Å². The SMILES string of the molecule is CCOc1ccc(S(=O)(=O)NNC(=O)c2cc(C)c(CC)s2)cc1OCC. The van der Waals surface area contributed by atoms with Crippen molar-refractivity contribution in [3.8, 4) is 11.5 Å². The molecule has 0 saturated heterocycles. The number of thiophene rings is 1. The zero-order chi connectivity index (χ0) is 20.0. The Bertz CT molecular complexity index is 906. The van der Waals surface area contributed by atoms with Gasteiger partial charge >= 0.3 is 0 Å². The standard InChI is InChI=1S/C18H24N2O5S2/c1-5-16-12(4)10-17(26-16)18(21)19-20-27(22,23)13-8-9-14(24-6-2)15(11-13)25-7-3/h8-11,20H,5-7H2,1-4H3,(H,19,21). The highest BCUT2D eigenvalue weighted by atomic mass is 32.2. The van der Waals surface area contributed by atoms with Gasteiger partial charge in [0.2, 0.25) is 0 Å². The second-order valence-electron chi connectivity index (χ2n) is 5.60. The number of ether oxygens (including phenoxy) is 2. The first-order chi connectivity index (χ1) is 12.8. The molecule has 1 amide bonds. The highest BCUT2D eigenvalue weighted by Crippen LogP contribution is 2.30. The number of carbonyl (C=O) groups excluding carboxylic acids is 1. The monoisotopic (exact) mass is 412 g/mol. The molecule has 0 bridgehead atoms. The van der Waals surface area contributed by atoms with Gasteiger partial charge in [-0.05, 0) is 51.0 Å². The van der Waals surface area contributed by atoms with Gasteiger partial charge in [0.1, 0.15) is 0 Å². The van der Waals surface area contributed by atoms with Gasteiger partial charge in [-0.3, -0.25) is 10.2 Å². The number of hydrogen-bond acceptors (Lipinski definition) is 6. The Morgan fingerprint density at radius 1 is 1.07 bits per heavy atom. The van der Waals surface area contributed by atoms with Gasteiger partial charge in [0.15, 0.2) is 11.5 Å². The lowest BCUT2D eigenvalue weighted by Crippen LogP contribution is -2.41. The number of sulfonamides is 1. The molecule has 2 aromatic rings. The fourth-order valence-electron chi connectivity index (χ4n) is 2.42. The fourth-order valence-corrected chi connectivity index (χ4v) is 4.28. The summed E-state index contributed by atoms with van der Waals surface area (Å²) in [5.41, 5.74) is 3.27. The fraction of sp³-hybridized carbons (Fsp3) is 0.389. The van der Waals surface area contributed by atoms with Crippen LogP contribution in [0, 0.1) is 6.92 Å². The van der Waals surface area contributed by atoms with E-state index in [9.17, 15) is 13.2 Å². The van der Waals surface area contributed by atoms with Gasteiger partial charge in [0.25, 0.3) is 15.9 Å². The summed E-state index contributed by atoms with van der Waals surface area (Å²) in [4.78, 5) is 15.9. The Hall–Kier alpha value is -2.10. The van der Waals surface area contributed by atoms with E-state index in [4.69, 9.17) is 9.47 Å². The number of benzene rings is 1. The van der Waals surface area contributed by atoms with Crippen LogP contribution in [-0.2, 0) is 16.4 Å². The molecule has 148 valence electrons. The van der Waals surface area contributed by atoms with E-state index in [-0.39, 0.29) is 4.90 Å². The molecule has 27 heavy (non-hydrogen) atoms. The Morgan fingerprint density at radius 2 is 1.74 bits per heavy atom. The van der Waals surface area contributed by atoms with Crippen molar-refractivity contribution in [2.45, 2.75) is 39.0 Å². The van der Waals surface area contributed by atoms with Gasteiger partial charge in [-0.1, -0.05) is 6.92 Å². The maximum Gasteiger partial charge on any atom is 0.276 e. The molecular weight excluding hydrogens is 388 g/mol. The maximum absolute atomic E-state index is 12.5. The lowest BCUT2D eigenvalue weighted by molar-refractivity contribution is 0.0949. The van der Waals surface area contributed by atoms with E-state index in [0.29, 0.717) is 29.6 Å². The lowest BCUT2D eigenvalue weighted by Gasteiger charge is -2.13. The summed E-state index contributed by atoms with van der Waals surface area (Å²) in [6, 6.07) is 6.04. The molecule has 7 nitrogen and oxygen atoms in total. The summed E-state index contributed by atoms with van der Waals surface area (Å²) in [6.45, 7) is 8.35. The Balaban J connectivity index is 2.15. The highest BCUT2D eigenvalue weighted by molar-refractivity contribution is 7.89. The average molecular weight is 413 g/mol. The van der Waals surface area contributed by atoms with E-state index in [1.54, 1.807) is 13.0 Å². The molecule has 0 fully saturated rings. The van der Waals surface area contributed by atoms with E-state index in [0.717, 1.165) is 16.9 Å². The van der Waals surface area contributed by atoms with Crippen molar-refractivity contribution in [2.24, 2.45) is 0 Å². The molecule has 0 aliphatic rings. The van der Waals surface area contributed by atoms with Gasteiger partial charge in [-0.25, -0.2) is 8.42 Å². The molecule has 2 rings (SSSR count). The van der Waals surface area contributed by atoms with Crippen molar-refractivity contribution in [1.82, 2.24) is 10.3 Å². The van der Waals surface area contributed by atoms with E-state index in [1.165, 1.54) is 29.5 Å². The Labute approximate surface area is 163 Å². The summed E-state index contributed by atoms with van der Waals surface area (Å²) < 4.78 is 35.9. The second kappa shape index (κ2) is 9.20. The van der Waals surface area contributed by atoms with Crippen LogP contribution in [-0.4, -0.2) is 27.5 Å². The quantitative estimate of drug-likeness (QED) is 0.618. The zero-order valence-corrected chi connectivity index (χ0v) is 17.4. The van der Waals surface area contributed by atoms with Gasteiger partial charge in [0, 0.05) is 10.9 Å². The first-order valence-corrected chi connectivity index (χ1v) is 10.9.